The number of aliphatic carboxylic acids is 1. The molecular weight excluding hydrogens is 334 g/mol. The summed E-state index contributed by atoms with van der Waals surface area (Å²) in [7, 11) is 1.42. The number of carboxylic acid groups (broad SMARTS) is 1. The number of carbonyl (C=O) groups is 3. The van der Waals surface area contributed by atoms with Crippen molar-refractivity contribution in [1.82, 2.24) is 4.90 Å². The molecule has 128 valence electrons. The molecule has 0 saturated carbocycles. The van der Waals surface area contributed by atoms with Crippen LogP contribution in [-0.4, -0.2) is 46.9 Å². The van der Waals surface area contributed by atoms with Crippen LogP contribution in [0.15, 0.2) is 23.1 Å². The summed E-state index contributed by atoms with van der Waals surface area (Å²) in [5.41, 5.74) is 0.646. The highest BCUT2D eigenvalue weighted by atomic mass is 32.2. The van der Waals surface area contributed by atoms with E-state index in [0.29, 0.717) is 28.6 Å². The lowest BCUT2D eigenvalue weighted by Gasteiger charge is -2.15. The number of benzene rings is 1. The van der Waals surface area contributed by atoms with Gasteiger partial charge in [0.25, 0.3) is 11.1 Å². The second-order valence-electron chi connectivity index (χ2n) is 4.98. The van der Waals surface area contributed by atoms with E-state index in [4.69, 9.17) is 14.6 Å². The van der Waals surface area contributed by atoms with E-state index in [-0.39, 0.29) is 11.1 Å². The minimum Gasteiger partial charge on any atom is -0.490 e. The minimum absolute atomic E-state index is 0.299. The first-order valence-electron chi connectivity index (χ1n) is 7.21. The molecule has 8 heteroatoms. The number of ether oxygens (including phenoxy) is 2. The molecule has 7 nitrogen and oxygen atoms in total. The summed E-state index contributed by atoms with van der Waals surface area (Å²) in [4.78, 5) is 35.7. The molecule has 1 saturated heterocycles. The van der Waals surface area contributed by atoms with Crippen molar-refractivity contribution in [2.24, 2.45) is 0 Å². The molecule has 24 heavy (non-hydrogen) atoms. The predicted octanol–water partition coefficient (Wildman–Crippen LogP) is 2.60. The Morgan fingerprint density at radius 3 is 2.62 bits per heavy atom. The summed E-state index contributed by atoms with van der Waals surface area (Å²) in [5.74, 6) is -0.775. The second-order valence-corrected chi connectivity index (χ2v) is 5.97. The van der Waals surface area contributed by atoms with Crippen LogP contribution in [0.1, 0.15) is 19.4 Å². The Morgan fingerprint density at radius 1 is 1.38 bits per heavy atom. The zero-order chi connectivity index (χ0) is 17.9. The van der Waals surface area contributed by atoms with Crippen molar-refractivity contribution in [3.8, 4) is 11.5 Å². The predicted molar refractivity (Wildman–Crippen MR) is 89.1 cm³/mol. The van der Waals surface area contributed by atoms with Gasteiger partial charge in [-0.2, -0.15) is 0 Å². The fraction of sp³-hybridized carbons (Fsp3) is 0.312. The van der Waals surface area contributed by atoms with Crippen LogP contribution in [-0.2, 0) is 9.59 Å². The molecule has 1 atom stereocenters. The molecule has 1 aliphatic rings. The summed E-state index contributed by atoms with van der Waals surface area (Å²) in [6.07, 6.45) is 0.563. The molecule has 0 aliphatic carbocycles. The summed E-state index contributed by atoms with van der Waals surface area (Å²) < 4.78 is 10.8. The molecule has 1 heterocycles. The fourth-order valence-electron chi connectivity index (χ4n) is 1.92. The van der Waals surface area contributed by atoms with Gasteiger partial charge in [-0.3, -0.25) is 14.5 Å². The summed E-state index contributed by atoms with van der Waals surface area (Å²) in [5, 5.41) is 8.61. The maximum atomic E-state index is 11.9. The number of hydrogen-bond donors (Lipinski definition) is 1. The van der Waals surface area contributed by atoms with Crippen LogP contribution in [0.3, 0.4) is 0 Å². The summed E-state index contributed by atoms with van der Waals surface area (Å²) in [6.45, 7) is 3.58. The Balaban J connectivity index is 2.30. The van der Waals surface area contributed by atoms with E-state index in [1.165, 1.54) is 14.0 Å². The number of rotatable bonds is 6. The first-order chi connectivity index (χ1) is 11.3. The van der Waals surface area contributed by atoms with Crippen LogP contribution >= 0.6 is 11.8 Å². The largest absolute Gasteiger partial charge is 0.490 e. The van der Waals surface area contributed by atoms with E-state index in [0.717, 1.165) is 16.7 Å². The second kappa shape index (κ2) is 7.39. The highest BCUT2D eigenvalue weighted by molar-refractivity contribution is 8.18. The van der Waals surface area contributed by atoms with E-state index in [2.05, 4.69) is 0 Å². The number of imide groups is 1. The Kier molecular flexibility index (Phi) is 5.50. The first kappa shape index (κ1) is 17.9. The van der Waals surface area contributed by atoms with Crippen LogP contribution in [0.2, 0.25) is 0 Å². The van der Waals surface area contributed by atoms with Crippen LogP contribution in [0.4, 0.5) is 4.79 Å². The van der Waals surface area contributed by atoms with Crippen LogP contribution in [0.25, 0.3) is 6.08 Å². The van der Waals surface area contributed by atoms with Gasteiger partial charge in [0.15, 0.2) is 17.6 Å². The Labute approximate surface area is 143 Å². The van der Waals surface area contributed by atoms with Crippen molar-refractivity contribution in [3.05, 3.63) is 28.7 Å². The third kappa shape index (κ3) is 3.88. The number of carbonyl (C=O) groups excluding carboxylic acids is 2. The van der Waals surface area contributed by atoms with Gasteiger partial charge in [0.1, 0.15) is 0 Å². The number of thioether (sulfide) groups is 1. The number of likely N-dealkylation sites (N-methyl/N-ethyl adjacent to an activating group) is 1. The van der Waals surface area contributed by atoms with E-state index >= 15 is 0 Å². The quantitative estimate of drug-likeness (QED) is 0.787. The van der Waals surface area contributed by atoms with Gasteiger partial charge in [0, 0.05) is 7.05 Å². The number of nitrogens with zero attached hydrogens (tertiary/aromatic N) is 1. The molecule has 1 N–H and O–H groups in total. The molecular formula is C16H17NO6S. The lowest BCUT2D eigenvalue weighted by atomic mass is 10.2. The SMILES string of the molecule is CCOc1cc(/C=C2\SC(=O)N(C)C2=O)ccc1OC(C)C(=O)O. The van der Waals surface area contributed by atoms with Crippen LogP contribution in [0.5, 0.6) is 11.5 Å². The lowest BCUT2D eigenvalue weighted by molar-refractivity contribution is -0.144. The average molecular weight is 351 g/mol. The molecule has 0 bridgehead atoms. The first-order valence-corrected chi connectivity index (χ1v) is 8.03. The Hall–Kier alpha value is -2.48. The van der Waals surface area contributed by atoms with Gasteiger partial charge in [0.2, 0.25) is 0 Å². The van der Waals surface area contributed by atoms with Crippen molar-refractivity contribution in [2.75, 3.05) is 13.7 Å². The molecule has 1 aliphatic heterocycles. The molecule has 1 aromatic rings. The monoisotopic (exact) mass is 351 g/mol. The molecule has 2 amide bonds. The Morgan fingerprint density at radius 2 is 2.08 bits per heavy atom. The number of amides is 2. The molecule has 0 radical (unpaired) electrons. The van der Waals surface area contributed by atoms with Gasteiger partial charge >= 0.3 is 5.97 Å². The minimum atomic E-state index is -1.09. The molecule has 2 rings (SSSR count). The van der Waals surface area contributed by atoms with Crippen LogP contribution in [0, 0.1) is 0 Å². The lowest BCUT2D eigenvalue weighted by Crippen LogP contribution is -2.23. The standard InChI is InChI=1S/C16H17NO6S/c1-4-22-12-7-10(5-6-11(12)23-9(2)15(19)20)8-13-14(18)17(3)16(21)24-13/h5-9H,4H2,1-3H3,(H,19,20)/b13-8-. The van der Waals surface area contributed by atoms with Gasteiger partial charge in [-0.05, 0) is 49.4 Å². The number of hydrogen-bond acceptors (Lipinski definition) is 6. The molecule has 1 fully saturated rings. The third-order valence-electron chi connectivity index (χ3n) is 3.20. The molecule has 0 spiro atoms. The third-order valence-corrected chi connectivity index (χ3v) is 4.16. The maximum Gasteiger partial charge on any atom is 0.344 e. The highest BCUT2D eigenvalue weighted by Crippen LogP contribution is 2.34. The average Bonchev–Trinajstić information content (AvgIpc) is 2.77. The van der Waals surface area contributed by atoms with Crippen molar-refractivity contribution in [1.29, 1.82) is 0 Å². The van der Waals surface area contributed by atoms with Crippen molar-refractivity contribution in [3.63, 3.8) is 0 Å². The van der Waals surface area contributed by atoms with Crippen molar-refractivity contribution < 1.29 is 29.0 Å². The smallest absolute Gasteiger partial charge is 0.344 e. The van der Waals surface area contributed by atoms with E-state index in [1.54, 1.807) is 31.2 Å². The molecule has 0 aromatic heterocycles. The van der Waals surface area contributed by atoms with E-state index < -0.39 is 12.1 Å². The highest BCUT2D eigenvalue weighted by Gasteiger charge is 2.31. The van der Waals surface area contributed by atoms with E-state index in [9.17, 15) is 14.4 Å². The van der Waals surface area contributed by atoms with E-state index in [1.807, 2.05) is 0 Å². The van der Waals surface area contributed by atoms with Gasteiger partial charge in [-0.15, -0.1) is 0 Å². The van der Waals surface area contributed by atoms with Crippen LogP contribution < -0.4 is 9.47 Å². The van der Waals surface area contributed by atoms with Crippen molar-refractivity contribution in [2.45, 2.75) is 20.0 Å². The topological polar surface area (TPSA) is 93.1 Å². The zero-order valence-electron chi connectivity index (χ0n) is 13.4. The molecule has 1 unspecified atom stereocenters. The molecule has 1 aromatic carbocycles. The van der Waals surface area contributed by atoms with Crippen molar-refractivity contribution >= 4 is 35.0 Å². The number of carboxylic acids is 1. The van der Waals surface area contributed by atoms with Gasteiger partial charge in [0.05, 0.1) is 11.5 Å². The van der Waals surface area contributed by atoms with Gasteiger partial charge in [-0.1, -0.05) is 6.07 Å². The summed E-state index contributed by atoms with van der Waals surface area (Å²) in [6, 6.07) is 4.87. The van der Waals surface area contributed by atoms with Gasteiger partial charge in [-0.25, -0.2) is 4.79 Å². The summed E-state index contributed by atoms with van der Waals surface area (Å²) >= 11 is 0.863. The maximum absolute atomic E-state index is 11.9. The fourth-order valence-corrected chi connectivity index (χ4v) is 2.75. The van der Waals surface area contributed by atoms with Gasteiger partial charge < -0.3 is 14.6 Å². The normalized spacial score (nSPS) is 17.3. The zero-order valence-corrected chi connectivity index (χ0v) is 14.3. The Bertz CT molecular complexity index is 715.